The van der Waals surface area contributed by atoms with Crippen molar-refractivity contribution in [3.8, 4) is 0 Å². The van der Waals surface area contributed by atoms with E-state index in [2.05, 4.69) is 0 Å². The molecule has 3 nitrogen and oxygen atoms in total. The highest BCUT2D eigenvalue weighted by Crippen LogP contribution is 2.18. The zero-order chi connectivity index (χ0) is 11.5. The largest absolute Gasteiger partial charge is 0.401 e. The van der Waals surface area contributed by atoms with E-state index in [1.807, 2.05) is 47.5 Å². The molecular formula is C13H14N2O. The Kier molecular flexibility index (Phi) is 2.77. The van der Waals surface area contributed by atoms with Gasteiger partial charge in [-0.25, -0.2) is 0 Å². The summed E-state index contributed by atoms with van der Waals surface area (Å²) in [5.41, 5.74) is 8.36. The van der Waals surface area contributed by atoms with E-state index < -0.39 is 0 Å². The molecule has 0 fully saturated rings. The highest BCUT2D eigenvalue weighted by Gasteiger charge is 2.07. The highest BCUT2D eigenvalue weighted by molar-refractivity contribution is 5.94. The van der Waals surface area contributed by atoms with Gasteiger partial charge in [0.1, 0.15) is 0 Å². The van der Waals surface area contributed by atoms with Gasteiger partial charge in [0.05, 0.1) is 6.54 Å². The molecule has 2 N–H and O–H groups in total. The van der Waals surface area contributed by atoms with E-state index in [0.717, 1.165) is 16.9 Å². The number of carbonyl (C=O) groups is 1. The summed E-state index contributed by atoms with van der Waals surface area (Å²) in [6, 6.07) is 7.53. The second-order valence-corrected chi connectivity index (χ2v) is 3.81. The van der Waals surface area contributed by atoms with Crippen LogP contribution in [0.15, 0.2) is 48.3 Å². The molecule has 1 aromatic rings. The number of Topliss-reactive ketones (excluding diaryl/α,β-unsaturated/α-hetero) is 1. The van der Waals surface area contributed by atoms with Crippen LogP contribution in [0, 0.1) is 0 Å². The Labute approximate surface area is 94.9 Å². The molecule has 0 spiro atoms. The Bertz CT molecular complexity index is 457. The number of hydrogen-bond acceptors (Lipinski definition) is 3. The zero-order valence-electron chi connectivity index (χ0n) is 9.18. The van der Waals surface area contributed by atoms with Crippen molar-refractivity contribution in [2.24, 2.45) is 5.73 Å². The minimum Gasteiger partial charge on any atom is -0.401 e. The summed E-state index contributed by atoms with van der Waals surface area (Å²) in [4.78, 5) is 13.2. The molecule has 0 atom stereocenters. The third kappa shape index (κ3) is 2.14. The maximum Gasteiger partial charge on any atom is 0.159 e. The molecule has 1 aliphatic rings. The third-order valence-corrected chi connectivity index (χ3v) is 2.53. The van der Waals surface area contributed by atoms with Crippen LogP contribution in [-0.4, -0.2) is 12.3 Å². The number of nitrogens with zero attached hydrogens (tertiary/aromatic N) is 1. The molecule has 0 aromatic heterocycles. The summed E-state index contributed by atoms with van der Waals surface area (Å²) in [5.74, 6) is 0.0835. The smallest absolute Gasteiger partial charge is 0.159 e. The number of ketones is 1. The number of anilines is 1. The summed E-state index contributed by atoms with van der Waals surface area (Å²) >= 11 is 0. The highest BCUT2D eigenvalue weighted by atomic mass is 16.1. The second-order valence-electron chi connectivity index (χ2n) is 3.81. The monoisotopic (exact) mass is 214 g/mol. The van der Waals surface area contributed by atoms with E-state index in [1.165, 1.54) is 0 Å². The quantitative estimate of drug-likeness (QED) is 0.766. The van der Waals surface area contributed by atoms with Gasteiger partial charge in [-0.1, -0.05) is 0 Å². The fourth-order valence-corrected chi connectivity index (χ4v) is 1.64. The van der Waals surface area contributed by atoms with Crippen molar-refractivity contribution in [3.63, 3.8) is 0 Å². The van der Waals surface area contributed by atoms with Gasteiger partial charge in [-0.05, 0) is 43.3 Å². The van der Waals surface area contributed by atoms with Crippen LogP contribution in [0.25, 0.3) is 0 Å². The van der Waals surface area contributed by atoms with Gasteiger partial charge in [-0.15, -0.1) is 0 Å². The topological polar surface area (TPSA) is 46.3 Å². The van der Waals surface area contributed by atoms with Crippen LogP contribution in [0.5, 0.6) is 0 Å². The van der Waals surface area contributed by atoms with Crippen LogP contribution in [-0.2, 0) is 0 Å². The summed E-state index contributed by atoms with van der Waals surface area (Å²) < 4.78 is 0. The van der Waals surface area contributed by atoms with Crippen molar-refractivity contribution in [3.05, 3.63) is 53.9 Å². The molecule has 0 saturated carbocycles. The van der Waals surface area contributed by atoms with Crippen molar-refractivity contribution in [1.29, 1.82) is 0 Å². The maximum absolute atomic E-state index is 11.1. The molecule has 0 unspecified atom stereocenters. The van der Waals surface area contributed by atoms with Gasteiger partial charge >= 0.3 is 0 Å². The molecular weight excluding hydrogens is 200 g/mol. The minimum absolute atomic E-state index is 0.0835. The van der Waals surface area contributed by atoms with Crippen LogP contribution in [0.4, 0.5) is 5.69 Å². The van der Waals surface area contributed by atoms with E-state index in [9.17, 15) is 4.79 Å². The first-order chi connectivity index (χ1) is 7.66. The van der Waals surface area contributed by atoms with E-state index in [4.69, 9.17) is 5.73 Å². The zero-order valence-corrected chi connectivity index (χ0v) is 9.18. The van der Waals surface area contributed by atoms with Crippen LogP contribution >= 0.6 is 0 Å². The van der Waals surface area contributed by atoms with Crippen LogP contribution in [0.1, 0.15) is 17.3 Å². The molecule has 0 amide bonds. The van der Waals surface area contributed by atoms with Crippen LogP contribution in [0.2, 0.25) is 0 Å². The lowest BCUT2D eigenvalue weighted by Gasteiger charge is -2.23. The molecule has 3 heteroatoms. The molecule has 0 aliphatic carbocycles. The molecule has 0 radical (unpaired) electrons. The predicted molar refractivity (Wildman–Crippen MR) is 65.2 cm³/mol. The van der Waals surface area contributed by atoms with Gasteiger partial charge in [-0.2, -0.15) is 0 Å². The Morgan fingerprint density at radius 1 is 1.31 bits per heavy atom. The van der Waals surface area contributed by atoms with E-state index in [1.54, 1.807) is 6.92 Å². The first-order valence-electron chi connectivity index (χ1n) is 5.17. The lowest BCUT2D eigenvalue weighted by atomic mass is 10.1. The minimum atomic E-state index is 0.0835. The van der Waals surface area contributed by atoms with Gasteiger partial charge < -0.3 is 10.6 Å². The Morgan fingerprint density at radius 3 is 2.56 bits per heavy atom. The van der Waals surface area contributed by atoms with Crippen molar-refractivity contribution in [1.82, 2.24) is 0 Å². The van der Waals surface area contributed by atoms with Gasteiger partial charge in [-0.3, -0.25) is 4.79 Å². The third-order valence-electron chi connectivity index (χ3n) is 2.53. The fourth-order valence-electron chi connectivity index (χ4n) is 1.64. The van der Waals surface area contributed by atoms with Gasteiger partial charge in [0.15, 0.2) is 5.78 Å². The van der Waals surface area contributed by atoms with Gasteiger partial charge in [0.2, 0.25) is 0 Å². The van der Waals surface area contributed by atoms with Crippen LogP contribution < -0.4 is 10.6 Å². The summed E-state index contributed by atoms with van der Waals surface area (Å²) in [6.45, 7) is 2.26. The molecule has 1 heterocycles. The Morgan fingerprint density at radius 2 is 2.00 bits per heavy atom. The van der Waals surface area contributed by atoms with Gasteiger partial charge in [0, 0.05) is 23.1 Å². The van der Waals surface area contributed by atoms with Crippen molar-refractivity contribution in [2.45, 2.75) is 6.92 Å². The second kappa shape index (κ2) is 4.23. The summed E-state index contributed by atoms with van der Waals surface area (Å²) in [7, 11) is 0. The summed E-state index contributed by atoms with van der Waals surface area (Å²) in [5, 5.41) is 0. The Balaban J connectivity index is 2.20. The fraction of sp³-hybridized carbons (Fsp3) is 0.154. The number of nitrogens with two attached hydrogens (primary N) is 1. The molecule has 16 heavy (non-hydrogen) atoms. The van der Waals surface area contributed by atoms with Crippen molar-refractivity contribution >= 4 is 11.5 Å². The van der Waals surface area contributed by atoms with Gasteiger partial charge in [0.25, 0.3) is 0 Å². The SMILES string of the molecule is CC(=O)c1ccc(N2C=CC=C(N)C2)cc1. The average Bonchev–Trinajstić information content (AvgIpc) is 2.29. The molecule has 1 aromatic carbocycles. The van der Waals surface area contributed by atoms with E-state index >= 15 is 0 Å². The predicted octanol–water partition coefficient (Wildman–Crippen LogP) is 2.07. The molecule has 0 bridgehead atoms. The molecule has 2 rings (SSSR count). The number of benzene rings is 1. The first-order valence-corrected chi connectivity index (χ1v) is 5.17. The van der Waals surface area contributed by atoms with Crippen molar-refractivity contribution < 1.29 is 4.79 Å². The van der Waals surface area contributed by atoms with Crippen molar-refractivity contribution in [2.75, 3.05) is 11.4 Å². The number of allylic oxidation sites excluding steroid dienone is 2. The molecule has 82 valence electrons. The standard InChI is InChI=1S/C13H14N2O/c1-10(16)11-4-6-13(7-5-11)15-8-2-3-12(14)9-15/h2-8H,9,14H2,1H3. The molecule has 0 saturated heterocycles. The van der Waals surface area contributed by atoms with Crippen LogP contribution in [0.3, 0.4) is 0 Å². The van der Waals surface area contributed by atoms with E-state index in [0.29, 0.717) is 6.54 Å². The number of hydrogen-bond donors (Lipinski definition) is 1. The molecule has 1 aliphatic heterocycles. The number of rotatable bonds is 2. The first kappa shape index (κ1) is 10.5. The lowest BCUT2D eigenvalue weighted by molar-refractivity contribution is 0.101. The number of carbonyl (C=O) groups excluding carboxylic acids is 1. The Hall–Kier alpha value is -2.03. The summed E-state index contributed by atoms with van der Waals surface area (Å²) in [6.07, 6.45) is 5.78. The normalized spacial score (nSPS) is 14.8. The average molecular weight is 214 g/mol. The lowest BCUT2D eigenvalue weighted by Crippen LogP contribution is -2.24. The van der Waals surface area contributed by atoms with E-state index in [-0.39, 0.29) is 5.78 Å². The maximum atomic E-state index is 11.1.